The minimum absolute atomic E-state index is 0.394. The van der Waals surface area contributed by atoms with Crippen molar-refractivity contribution >= 4 is 43.6 Å². The van der Waals surface area contributed by atoms with Gasteiger partial charge in [-0.25, -0.2) is 15.0 Å². The SMILES string of the molecule is CC1(C)c2cc(-c3nc(-c4ccccc4)nc(-c4ccccc4)n3)ccc2-n2c3ccccc3c3ccc(-n4c5ccccc5c5ccccc54)c1c32. The molecule has 7 aromatic carbocycles. The van der Waals surface area contributed by atoms with E-state index in [9.17, 15) is 0 Å². The predicted molar refractivity (Wildman–Crippen MR) is 217 cm³/mol. The molecule has 0 bridgehead atoms. The highest BCUT2D eigenvalue weighted by Crippen LogP contribution is 2.51. The van der Waals surface area contributed by atoms with Gasteiger partial charge >= 0.3 is 0 Å². The van der Waals surface area contributed by atoms with E-state index in [-0.39, 0.29) is 0 Å². The number of fused-ring (bicyclic) bond motifs is 8. The van der Waals surface area contributed by atoms with Crippen molar-refractivity contribution in [2.24, 2.45) is 0 Å². The summed E-state index contributed by atoms with van der Waals surface area (Å²) in [5.74, 6) is 1.97. The second kappa shape index (κ2) is 11.1. The lowest BCUT2D eigenvalue weighted by Crippen LogP contribution is -2.28. The second-order valence-corrected chi connectivity index (χ2v) is 14.5. The molecule has 0 amide bonds. The van der Waals surface area contributed by atoms with Crippen LogP contribution in [0.25, 0.3) is 89.2 Å². The monoisotopic (exact) mass is 679 g/mol. The van der Waals surface area contributed by atoms with Crippen LogP contribution in [0.4, 0.5) is 0 Å². The van der Waals surface area contributed by atoms with E-state index in [1.54, 1.807) is 0 Å². The molecule has 0 unspecified atom stereocenters. The summed E-state index contributed by atoms with van der Waals surface area (Å²) < 4.78 is 4.96. The van der Waals surface area contributed by atoms with Crippen molar-refractivity contribution in [3.8, 4) is 45.5 Å². The van der Waals surface area contributed by atoms with Gasteiger partial charge in [-0.3, -0.25) is 0 Å². The lowest BCUT2D eigenvalue weighted by Gasteiger charge is -2.37. The zero-order valence-corrected chi connectivity index (χ0v) is 29.3. The smallest absolute Gasteiger partial charge is 0.164 e. The van der Waals surface area contributed by atoms with E-state index in [1.165, 1.54) is 66.1 Å². The fourth-order valence-corrected chi connectivity index (χ4v) is 8.72. The number of para-hydroxylation sites is 3. The summed E-state index contributed by atoms with van der Waals surface area (Å²) in [6.45, 7) is 4.75. The molecule has 0 saturated carbocycles. The fraction of sp³-hybridized carbons (Fsp3) is 0.0625. The standard InChI is InChI=1S/C48H33N5/c1-48(2)37-29-32(47-50-45(30-15-5-3-6-16-30)49-46(51-47)31-17-7-4-8-18-31)25-27-41(37)53-40-24-14-11-21-35(40)36-26-28-42(43(48)44(36)53)52-38-22-12-9-19-33(38)34-20-10-13-23-39(34)52/h3-29H,1-2H3. The number of aromatic nitrogens is 5. The number of hydrogen-bond acceptors (Lipinski definition) is 3. The Morgan fingerprint density at radius 1 is 0.396 bits per heavy atom. The zero-order valence-electron chi connectivity index (χ0n) is 29.3. The van der Waals surface area contributed by atoms with Gasteiger partial charge in [0, 0.05) is 49.2 Å². The van der Waals surface area contributed by atoms with E-state index >= 15 is 0 Å². The molecule has 11 rings (SSSR count). The maximum Gasteiger partial charge on any atom is 0.164 e. The van der Waals surface area contributed by atoms with Crippen LogP contribution in [0.2, 0.25) is 0 Å². The average Bonchev–Trinajstić information content (AvgIpc) is 3.73. The van der Waals surface area contributed by atoms with E-state index in [0.29, 0.717) is 17.5 Å². The highest BCUT2D eigenvalue weighted by atomic mass is 15.0. The number of hydrogen-bond donors (Lipinski definition) is 0. The van der Waals surface area contributed by atoms with Gasteiger partial charge in [0.1, 0.15) is 0 Å². The Labute approximate surface area is 306 Å². The first-order valence-electron chi connectivity index (χ1n) is 18.1. The molecule has 250 valence electrons. The first kappa shape index (κ1) is 29.8. The van der Waals surface area contributed by atoms with Gasteiger partial charge in [0.05, 0.1) is 33.4 Å². The number of rotatable bonds is 4. The molecule has 53 heavy (non-hydrogen) atoms. The maximum absolute atomic E-state index is 5.11. The van der Waals surface area contributed by atoms with Crippen LogP contribution < -0.4 is 0 Å². The third-order valence-corrected chi connectivity index (χ3v) is 11.1. The van der Waals surface area contributed by atoms with E-state index in [2.05, 4.69) is 150 Å². The van der Waals surface area contributed by atoms with Gasteiger partial charge in [-0.1, -0.05) is 135 Å². The molecule has 5 heteroatoms. The Bertz CT molecular complexity index is 2970. The summed E-state index contributed by atoms with van der Waals surface area (Å²) in [6.07, 6.45) is 0. The molecule has 0 radical (unpaired) electrons. The van der Waals surface area contributed by atoms with E-state index < -0.39 is 5.41 Å². The zero-order chi connectivity index (χ0) is 35.3. The topological polar surface area (TPSA) is 48.5 Å². The highest BCUT2D eigenvalue weighted by molar-refractivity contribution is 6.14. The molecule has 0 spiro atoms. The van der Waals surface area contributed by atoms with E-state index in [4.69, 9.17) is 15.0 Å². The molecule has 0 fully saturated rings. The Morgan fingerprint density at radius 3 is 1.42 bits per heavy atom. The van der Waals surface area contributed by atoms with Crippen LogP contribution in [0.5, 0.6) is 0 Å². The van der Waals surface area contributed by atoms with Gasteiger partial charge in [0.25, 0.3) is 0 Å². The van der Waals surface area contributed by atoms with Crippen LogP contribution in [0.1, 0.15) is 25.0 Å². The third-order valence-electron chi connectivity index (χ3n) is 11.1. The second-order valence-electron chi connectivity index (χ2n) is 14.5. The highest BCUT2D eigenvalue weighted by Gasteiger charge is 2.38. The molecule has 0 N–H and O–H groups in total. The van der Waals surface area contributed by atoms with Crippen LogP contribution in [0.15, 0.2) is 164 Å². The van der Waals surface area contributed by atoms with Gasteiger partial charge < -0.3 is 9.13 Å². The minimum Gasteiger partial charge on any atom is -0.309 e. The molecule has 0 aliphatic carbocycles. The quantitative estimate of drug-likeness (QED) is 0.186. The lowest BCUT2D eigenvalue weighted by molar-refractivity contribution is 0.627. The minimum atomic E-state index is -0.394. The third kappa shape index (κ3) is 4.28. The molecule has 1 aliphatic heterocycles. The molecule has 0 atom stereocenters. The Morgan fingerprint density at radius 2 is 0.849 bits per heavy atom. The van der Waals surface area contributed by atoms with Crippen LogP contribution >= 0.6 is 0 Å². The van der Waals surface area contributed by atoms with Crippen LogP contribution in [0.3, 0.4) is 0 Å². The van der Waals surface area contributed by atoms with E-state index in [0.717, 1.165) is 16.7 Å². The average molecular weight is 680 g/mol. The molecule has 4 heterocycles. The van der Waals surface area contributed by atoms with Crippen molar-refractivity contribution in [3.63, 3.8) is 0 Å². The summed E-state index contributed by atoms with van der Waals surface area (Å²) in [7, 11) is 0. The van der Waals surface area contributed by atoms with Gasteiger partial charge in [0.15, 0.2) is 17.5 Å². The summed E-state index contributed by atoms with van der Waals surface area (Å²) >= 11 is 0. The van der Waals surface area contributed by atoms with Crippen molar-refractivity contribution in [1.82, 2.24) is 24.1 Å². The lowest BCUT2D eigenvalue weighted by atomic mass is 9.73. The van der Waals surface area contributed by atoms with Gasteiger partial charge in [-0.05, 0) is 48.0 Å². The van der Waals surface area contributed by atoms with Crippen LogP contribution in [-0.2, 0) is 5.41 Å². The number of nitrogens with zero attached hydrogens (tertiary/aromatic N) is 5. The van der Waals surface area contributed by atoms with Crippen molar-refractivity contribution in [2.45, 2.75) is 19.3 Å². The normalized spacial score (nSPS) is 13.2. The molecular formula is C48H33N5. The molecule has 10 aromatic rings. The molecule has 5 nitrogen and oxygen atoms in total. The van der Waals surface area contributed by atoms with Crippen molar-refractivity contribution in [1.29, 1.82) is 0 Å². The van der Waals surface area contributed by atoms with Crippen LogP contribution in [0, 0.1) is 0 Å². The molecular weight excluding hydrogens is 647 g/mol. The molecule has 1 aliphatic rings. The molecule has 3 aromatic heterocycles. The van der Waals surface area contributed by atoms with Gasteiger partial charge in [0.2, 0.25) is 0 Å². The van der Waals surface area contributed by atoms with Crippen molar-refractivity contribution < 1.29 is 0 Å². The van der Waals surface area contributed by atoms with Crippen molar-refractivity contribution in [2.75, 3.05) is 0 Å². The Balaban J connectivity index is 1.20. The largest absolute Gasteiger partial charge is 0.309 e. The maximum atomic E-state index is 5.11. The summed E-state index contributed by atoms with van der Waals surface area (Å²) in [5.41, 5.74) is 12.2. The Hall–Kier alpha value is -6.85. The van der Waals surface area contributed by atoms with Gasteiger partial charge in [-0.15, -0.1) is 0 Å². The Kier molecular flexibility index (Phi) is 6.23. The predicted octanol–water partition coefficient (Wildman–Crippen LogP) is 11.7. The van der Waals surface area contributed by atoms with Crippen molar-refractivity contribution in [3.05, 3.63) is 175 Å². The number of benzene rings is 7. The fourth-order valence-electron chi connectivity index (χ4n) is 8.72. The molecule has 0 saturated heterocycles. The summed E-state index contributed by atoms with van der Waals surface area (Å²) in [6, 6.07) is 58.1. The summed E-state index contributed by atoms with van der Waals surface area (Å²) in [5, 5.41) is 5.03. The summed E-state index contributed by atoms with van der Waals surface area (Å²) in [4.78, 5) is 15.2. The van der Waals surface area contributed by atoms with Crippen LogP contribution in [-0.4, -0.2) is 24.1 Å². The van der Waals surface area contributed by atoms with Gasteiger partial charge in [-0.2, -0.15) is 0 Å². The van der Waals surface area contributed by atoms with E-state index in [1.807, 2.05) is 36.4 Å². The first-order valence-corrected chi connectivity index (χ1v) is 18.1. The first-order chi connectivity index (χ1) is 26.1.